The average molecular weight is 282 g/mol. The van der Waals surface area contributed by atoms with E-state index in [1.807, 2.05) is 0 Å². The van der Waals surface area contributed by atoms with Crippen LogP contribution >= 0.6 is 0 Å². The number of carboxylic acid groups (broad SMARTS) is 1. The van der Waals surface area contributed by atoms with Crippen LogP contribution in [0.15, 0.2) is 0 Å². The number of piperidine rings is 1. The molecule has 116 valence electrons. The molecule has 1 N–H and O–H groups in total. The molecule has 1 heterocycles. The first kappa shape index (κ1) is 15.8. The third-order valence-electron chi connectivity index (χ3n) is 5.08. The van der Waals surface area contributed by atoms with Crippen molar-refractivity contribution in [3.8, 4) is 0 Å². The first-order valence-corrected chi connectivity index (χ1v) is 8.28. The molecule has 1 saturated carbocycles. The van der Waals surface area contributed by atoms with Gasteiger partial charge in [-0.05, 0) is 45.8 Å². The van der Waals surface area contributed by atoms with Crippen LogP contribution in [0.2, 0.25) is 0 Å². The lowest BCUT2D eigenvalue weighted by Crippen LogP contribution is -2.57. The number of nitrogens with zero attached hydrogens (tertiary/aromatic N) is 2. The predicted octanol–water partition coefficient (Wildman–Crippen LogP) is 2.58. The Morgan fingerprint density at radius 3 is 2.30 bits per heavy atom. The van der Waals surface area contributed by atoms with Crippen LogP contribution in [0.4, 0.5) is 0 Å². The number of rotatable bonds is 6. The average Bonchev–Trinajstić information content (AvgIpc) is 2.47. The number of aliphatic carboxylic acids is 1. The van der Waals surface area contributed by atoms with E-state index in [1.54, 1.807) is 0 Å². The van der Waals surface area contributed by atoms with E-state index >= 15 is 0 Å². The molecule has 2 fully saturated rings. The first-order valence-electron chi connectivity index (χ1n) is 8.28. The monoisotopic (exact) mass is 282 g/mol. The van der Waals surface area contributed by atoms with Crippen molar-refractivity contribution < 1.29 is 9.90 Å². The summed E-state index contributed by atoms with van der Waals surface area (Å²) in [6.45, 7) is 4.20. The van der Waals surface area contributed by atoms with E-state index in [0.717, 1.165) is 6.54 Å². The highest BCUT2D eigenvalue weighted by atomic mass is 16.4. The van der Waals surface area contributed by atoms with Gasteiger partial charge < -0.3 is 10.0 Å². The molecule has 0 bridgehead atoms. The van der Waals surface area contributed by atoms with Gasteiger partial charge in [-0.1, -0.05) is 25.7 Å². The molecule has 0 unspecified atom stereocenters. The van der Waals surface area contributed by atoms with Gasteiger partial charge in [0.15, 0.2) is 0 Å². The summed E-state index contributed by atoms with van der Waals surface area (Å²) in [6.07, 6.45) is 10.9. The molecule has 20 heavy (non-hydrogen) atoms. The molecule has 0 aromatic rings. The molecule has 4 nitrogen and oxygen atoms in total. The number of likely N-dealkylation sites (tertiary alicyclic amines) is 1. The third kappa shape index (κ3) is 4.19. The second-order valence-electron chi connectivity index (χ2n) is 6.71. The van der Waals surface area contributed by atoms with Crippen molar-refractivity contribution >= 4 is 5.97 Å². The summed E-state index contributed by atoms with van der Waals surface area (Å²) in [6, 6.07) is 0. The van der Waals surface area contributed by atoms with Crippen LogP contribution in [0.25, 0.3) is 0 Å². The minimum Gasteiger partial charge on any atom is -0.481 e. The Morgan fingerprint density at radius 2 is 1.70 bits per heavy atom. The SMILES string of the molecule is CN(CCC(=O)O)CC1(N2CCCCC2)CCCCC1. The van der Waals surface area contributed by atoms with E-state index in [2.05, 4.69) is 16.8 Å². The van der Waals surface area contributed by atoms with Crippen LogP contribution in [0.5, 0.6) is 0 Å². The topological polar surface area (TPSA) is 43.8 Å². The van der Waals surface area contributed by atoms with Crippen molar-refractivity contribution in [2.75, 3.05) is 33.2 Å². The van der Waals surface area contributed by atoms with Crippen molar-refractivity contribution in [1.82, 2.24) is 9.80 Å². The maximum Gasteiger partial charge on any atom is 0.304 e. The number of hydrogen-bond acceptors (Lipinski definition) is 3. The van der Waals surface area contributed by atoms with Gasteiger partial charge in [-0.25, -0.2) is 0 Å². The lowest BCUT2D eigenvalue weighted by atomic mass is 9.78. The quantitative estimate of drug-likeness (QED) is 0.813. The number of likely N-dealkylation sites (N-methyl/N-ethyl adjacent to an activating group) is 1. The Labute approximate surface area is 123 Å². The summed E-state index contributed by atoms with van der Waals surface area (Å²) < 4.78 is 0. The highest BCUT2D eigenvalue weighted by Gasteiger charge is 2.38. The number of carboxylic acids is 1. The zero-order chi connectivity index (χ0) is 14.4. The fourth-order valence-corrected chi connectivity index (χ4v) is 4.02. The highest BCUT2D eigenvalue weighted by Crippen LogP contribution is 2.36. The zero-order valence-corrected chi connectivity index (χ0v) is 12.9. The fraction of sp³-hybridized carbons (Fsp3) is 0.938. The van der Waals surface area contributed by atoms with E-state index in [9.17, 15) is 4.79 Å². The largest absolute Gasteiger partial charge is 0.481 e. The molecule has 0 radical (unpaired) electrons. The van der Waals surface area contributed by atoms with Gasteiger partial charge in [-0.3, -0.25) is 9.69 Å². The van der Waals surface area contributed by atoms with E-state index in [-0.39, 0.29) is 6.42 Å². The smallest absolute Gasteiger partial charge is 0.304 e. The molecule has 2 aliphatic rings. The molecule has 0 aromatic heterocycles. The van der Waals surface area contributed by atoms with Crippen LogP contribution in [0, 0.1) is 0 Å². The fourth-order valence-electron chi connectivity index (χ4n) is 4.02. The standard InChI is InChI=1S/C16H30N2O2/c1-17(13-8-15(19)20)14-16(9-4-2-5-10-16)18-11-6-3-7-12-18/h2-14H2,1H3,(H,19,20). The normalized spacial score (nSPS) is 23.9. The molecule has 2 rings (SSSR count). The van der Waals surface area contributed by atoms with Crippen molar-refractivity contribution in [3.63, 3.8) is 0 Å². The first-order chi connectivity index (χ1) is 9.62. The van der Waals surface area contributed by atoms with Gasteiger partial charge in [0.2, 0.25) is 0 Å². The number of carbonyl (C=O) groups is 1. The molecular weight excluding hydrogens is 252 g/mol. The van der Waals surface area contributed by atoms with Gasteiger partial charge in [0, 0.05) is 18.6 Å². The van der Waals surface area contributed by atoms with Gasteiger partial charge in [0.05, 0.1) is 6.42 Å². The van der Waals surface area contributed by atoms with Crippen LogP contribution in [-0.4, -0.2) is 59.6 Å². The minimum absolute atomic E-state index is 0.257. The van der Waals surface area contributed by atoms with E-state index in [4.69, 9.17) is 5.11 Å². The second kappa shape index (κ2) is 7.41. The highest BCUT2D eigenvalue weighted by molar-refractivity contribution is 5.66. The Balaban J connectivity index is 1.96. The Kier molecular flexibility index (Phi) is 5.85. The van der Waals surface area contributed by atoms with Crippen molar-refractivity contribution in [3.05, 3.63) is 0 Å². The Hall–Kier alpha value is -0.610. The van der Waals surface area contributed by atoms with Crippen LogP contribution < -0.4 is 0 Å². The van der Waals surface area contributed by atoms with Gasteiger partial charge in [0.25, 0.3) is 0 Å². The second-order valence-corrected chi connectivity index (χ2v) is 6.71. The summed E-state index contributed by atoms with van der Waals surface area (Å²) in [5.74, 6) is -0.687. The van der Waals surface area contributed by atoms with E-state index in [1.165, 1.54) is 64.5 Å². The molecule has 4 heteroatoms. The molecule has 0 amide bonds. The van der Waals surface area contributed by atoms with Crippen molar-refractivity contribution in [1.29, 1.82) is 0 Å². The van der Waals surface area contributed by atoms with Gasteiger partial charge >= 0.3 is 5.97 Å². The Bertz CT molecular complexity index is 308. The molecule has 1 saturated heterocycles. The summed E-state index contributed by atoms with van der Waals surface area (Å²) >= 11 is 0. The molecule has 0 atom stereocenters. The summed E-state index contributed by atoms with van der Waals surface area (Å²) in [7, 11) is 2.09. The Morgan fingerprint density at radius 1 is 1.10 bits per heavy atom. The van der Waals surface area contributed by atoms with Gasteiger partial charge in [-0.2, -0.15) is 0 Å². The van der Waals surface area contributed by atoms with Crippen molar-refractivity contribution in [2.45, 2.75) is 63.3 Å². The minimum atomic E-state index is -0.687. The van der Waals surface area contributed by atoms with E-state index < -0.39 is 5.97 Å². The van der Waals surface area contributed by atoms with Crippen molar-refractivity contribution in [2.24, 2.45) is 0 Å². The molecule has 0 spiro atoms. The van der Waals surface area contributed by atoms with Crippen LogP contribution in [0.3, 0.4) is 0 Å². The lowest BCUT2D eigenvalue weighted by Gasteiger charge is -2.50. The lowest BCUT2D eigenvalue weighted by molar-refractivity contribution is -0.137. The molecule has 1 aliphatic carbocycles. The maximum atomic E-state index is 10.7. The summed E-state index contributed by atoms with van der Waals surface area (Å²) in [5, 5.41) is 8.84. The van der Waals surface area contributed by atoms with Crippen LogP contribution in [-0.2, 0) is 4.79 Å². The summed E-state index contributed by atoms with van der Waals surface area (Å²) in [4.78, 5) is 15.7. The van der Waals surface area contributed by atoms with E-state index in [0.29, 0.717) is 12.1 Å². The third-order valence-corrected chi connectivity index (χ3v) is 5.08. The predicted molar refractivity (Wildman–Crippen MR) is 81.0 cm³/mol. The molecule has 0 aromatic carbocycles. The summed E-state index contributed by atoms with van der Waals surface area (Å²) in [5.41, 5.74) is 0.325. The van der Waals surface area contributed by atoms with Gasteiger partial charge in [0.1, 0.15) is 0 Å². The van der Waals surface area contributed by atoms with Crippen LogP contribution in [0.1, 0.15) is 57.8 Å². The maximum absolute atomic E-state index is 10.7. The zero-order valence-electron chi connectivity index (χ0n) is 12.9. The molecule has 1 aliphatic heterocycles. The van der Waals surface area contributed by atoms with Gasteiger partial charge in [-0.15, -0.1) is 0 Å². The number of hydrogen-bond donors (Lipinski definition) is 1. The molecular formula is C16H30N2O2.